The third-order valence-corrected chi connectivity index (χ3v) is 2.88. The highest BCUT2D eigenvalue weighted by atomic mass is 16.5. The lowest BCUT2D eigenvalue weighted by molar-refractivity contribution is 0.194. The van der Waals surface area contributed by atoms with Gasteiger partial charge in [0.15, 0.2) is 0 Å². The first-order valence-electron chi connectivity index (χ1n) is 6.86. The van der Waals surface area contributed by atoms with Crippen molar-refractivity contribution in [3.63, 3.8) is 0 Å². The van der Waals surface area contributed by atoms with Gasteiger partial charge < -0.3 is 10.1 Å². The van der Waals surface area contributed by atoms with Gasteiger partial charge in [-0.25, -0.2) is 9.48 Å². The number of rotatable bonds is 6. The molecule has 21 heavy (non-hydrogen) atoms. The van der Waals surface area contributed by atoms with E-state index in [2.05, 4.69) is 15.7 Å². The molecule has 0 radical (unpaired) electrons. The summed E-state index contributed by atoms with van der Waals surface area (Å²) in [5.41, 5.74) is 1.74. The Morgan fingerprint density at radius 1 is 1.33 bits per heavy atom. The van der Waals surface area contributed by atoms with Gasteiger partial charge in [0.25, 0.3) is 0 Å². The summed E-state index contributed by atoms with van der Waals surface area (Å²) in [5.74, 6) is 0.642. The molecule has 0 saturated heterocycles. The fourth-order valence-electron chi connectivity index (χ4n) is 1.93. The molecule has 2 rings (SSSR count). The molecule has 1 aromatic heterocycles. The second kappa shape index (κ2) is 7.44. The Morgan fingerprint density at radius 3 is 2.81 bits per heavy atom. The van der Waals surface area contributed by atoms with E-state index in [1.54, 1.807) is 11.8 Å². The fourth-order valence-corrected chi connectivity index (χ4v) is 1.93. The van der Waals surface area contributed by atoms with Gasteiger partial charge in [0.2, 0.25) is 0 Å². The Balaban J connectivity index is 2.02. The molecule has 2 aromatic rings. The van der Waals surface area contributed by atoms with Crippen LogP contribution in [-0.4, -0.2) is 36.1 Å². The van der Waals surface area contributed by atoms with Crippen LogP contribution in [0.5, 0.6) is 0 Å². The summed E-state index contributed by atoms with van der Waals surface area (Å²) in [6, 6.07) is 11.3. The summed E-state index contributed by atoms with van der Waals surface area (Å²) in [5, 5.41) is 10.00. The molecule has 0 unspecified atom stereocenters. The van der Waals surface area contributed by atoms with E-state index in [-0.39, 0.29) is 6.03 Å². The van der Waals surface area contributed by atoms with Crippen LogP contribution in [0.1, 0.15) is 12.1 Å². The number of anilines is 1. The van der Waals surface area contributed by atoms with Crippen LogP contribution >= 0.6 is 0 Å². The number of aryl methyl sites for hydroxylation is 1. The molecule has 0 saturated carbocycles. The molecule has 0 aliphatic heterocycles. The maximum absolute atomic E-state index is 11.9. The normalized spacial score (nSPS) is 10.4. The number of benzene rings is 1. The molecule has 2 N–H and O–H groups in total. The van der Waals surface area contributed by atoms with Gasteiger partial charge in [-0.3, -0.25) is 5.32 Å². The Bertz CT molecular complexity index is 581. The van der Waals surface area contributed by atoms with Gasteiger partial charge in [-0.2, -0.15) is 5.10 Å². The SMILES string of the molecule is COCCCNC(=O)Nc1cc(C)nn1-c1ccccc1. The van der Waals surface area contributed by atoms with E-state index in [0.29, 0.717) is 19.0 Å². The van der Waals surface area contributed by atoms with Crippen molar-refractivity contribution >= 4 is 11.8 Å². The van der Waals surface area contributed by atoms with Crippen molar-refractivity contribution in [1.29, 1.82) is 0 Å². The van der Waals surface area contributed by atoms with Crippen molar-refractivity contribution in [3.05, 3.63) is 42.1 Å². The van der Waals surface area contributed by atoms with Gasteiger partial charge in [0.05, 0.1) is 11.4 Å². The molecule has 0 fully saturated rings. The number of nitrogens with zero attached hydrogens (tertiary/aromatic N) is 2. The maximum atomic E-state index is 11.9. The summed E-state index contributed by atoms with van der Waals surface area (Å²) in [6.45, 7) is 3.08. The molecule has 0 aliphatic carbocycles. The Hall–Kier alpha value is -2.34. The molecule has 2 amide bonds. The van der Waals surface area contributed by atoms with E-state index in [9.17, 15) is 4.79 Å². The summed E-state index contributed by atoms with van der Waals surface area (Å²) in [7, 11) is 1.64. The third kappa shape index (κ3) is 4.32. The van der Waals surface area contributed by atoms with Crippen LogP contribution < -0.4 is 10.6 Å². The minimum atomic E-state index is -0.247. The van der Waals surface area contributed by atoms with Crippen molar-refractivity contribution in [3.8, 4) is 5.69 Å². The summed E-state index contributed by atoms with van der Waals surface area (Å²) < 4.78 is 6.65. The number of amides is 2. The van der Waals surface area contributed by atoms with E-state index in [1.807, 2.05) is 43.3 Å². The van der Waals surface area contributed by atoms with Crippen LogP contribution in [-0.2, 0) is 4.74 Å². The molecule has 0 bridgehead atoms. The third-order valence-electron chi connectivity index (χ3n) is 2.88. The number of ether oxygens (including phenoxy) is 1. The van der Waals surface area contributed by atoms with Crippen molar-refractivity contribution in [2.24, 2.45) is 0 Å². The predicted molar refractivity (Wildman–Crippen MR) is 81.8 cm³/mol. The second-order valence-electron chi connectivity index (χ2n) is 4.65. The number of para-hydroxylation sites is 1. The van der Waals surface area contributed by atoms with E-state index < -0.39 is 0 Å². The molecule has 0 atom stereocenters. The van der Waals surface area contributed by atoms with Crippen molar-refractivity contribution in [2.45, 2.75) is 13.3 Å². The monoisotopic (exact) mass is 288 g/mol. The lowest BCUT2D eigenvalue weighted by Crippen LogP contribution is -2.30. The number of hydrogen-bond acceptors (Lipinski definition) is 3. The quantitative estimate of drug-likeness (QED) is 0.802. The molecule has 1 aromatic carbocycles. The molecule has 6 heteroatoms. The Labute approximate surface area is 124 Å². The van der Waals surface area contributed by atoms with Gasteiger partial charge in [-0.15, -0.1) is 0 Å². The van der Waals surface area contributed by atoms with Gasteiger partial charge in [0, 0.05) is 26.3 Å². The van der Waals surface area contributed by atoms with Crippen LogP contribution in [0.4, 0.5) is 10.6 Å². The minimum absolute atomic E-state index is 0.247. The first-order valence-corrected chi connectivity index (χ1v) is 6.86. The van der Waals surface area contributed by atoms with Crippen molar-refractivity contribution in [1.82, 2.24) is 15.1 Å². The predicted octanol–water partition coefficient (Wildman–Crippen LogP) is 2.34. The van der Waals surface area contributed by atoms with E-state index in [4.69, 9.17) is 4.74 Å². The largest absolute Gasteiger partial charge is 0.385 e. The molecular weight excluding hydrogens is 268 g/mol. The van der Waals surface area contributed by atoms with E-state index in [1.165, 1.54) is 0 Å². The van der Waals surface area contributed by atoms with Crippen molar-refractivity contribution < 1.29 is 9.53 Å². The zero-order chi connectivity index (χ0) is 15.1. The second-order valence-corrected chi connectivity index (χ2v) is 4.65. The zero-order valence-corrected chi connectivity index (χ0v) is 12.3. The van der Waals surface area contributed by atoms with E-state index in [0.717, 1.165) is 17.8 Å². The van der Waals surface area contributed by atoms with Gasteiger partial charge >= 0.3 is 6.03 Å². The average Bonchev–Trinajstić information content (AvgIpc) is 2.85. The van der Waals surface area contributed by atoms with Gasteiger partial charge in [-0.1, -0.05) is 18.2 Å². The lowest BCUT2D eigenvalue weighted by Gasteiger charge is -2.09. The molecule has 112 valence electrons. The standard InChI is InChI=1S/C15H20N4O2/c1-12-11-14(17-15(20)16-9-6-10-21-2)19(18-12)13-7-4-3-5-8-13/h3-5,7-8,11H,6,9-10H2,1-2H3,(H2,16,17,20). The number of hydrogen-bond donors (Lipinski definition) is 2. The number of methoxy groups -OCH3 is 1. The number of nitrogens with one attached hydrogen (secondary N) is 2. The Morgan fingerprint density at radius 2 is 2.10 bits per heavy atom. The molecule has 1 heterocycles. The smallest absolute Gasteiger partial charge is 0.320 e. The number of carbonyl (C=O) groups excluding carboxylic acids is 1. The average molecular weight is 288 g/mol. The number of aromatic nitrogens is 2. The topological polar surface area (TPSA) is 68.2 Å². The van der Waals surface area contributed by atoms with Gasteiger partial charge in [0.1, 0.15) is 5.82 Å². The fraction of sp³-hybridized carbons (Fsp3) is 0.333. The number of carbonyl (C=O) groups is 1. The molecular formula is C15H20N4O2. The van der Waals surface area contributed by atoms with Crippen LogP contribution in [0.15, 0.2) is 36.4 Å². The molecule has 6 nitrogen and oxygen atoms in total. The maximum Gasteiger partial charge on any atom is 0.320 e. The van der Waals surface area contributed by atoms with Crippen molar-refractivity contribution in [2.75, 3.05) is 25.6 Å². The highest BCUT2D eigenvalue weighted by Crippen LogP contribution is 2.16. The van der Waals surface area contributed by atoms with E-state index >= 15 is 0 Å². The first-order chi connectivity index (χ1) is 10.2. The number of urea groups is 1. The van der Waals surface area contributed by atoms with Crippen LogP contribution in [0.25, 0.3) is 5.69 Å². The highest BCUT2D eigenvalue weighted by molar-refractivity contribution is 5.88. The van der Waals surface area contributed by atoms with Gasteiger partial charge in [-0.05, 0) is 25.5 Å². The molecule has 0 spiro atoms. The minimum Gasteiger partial charge on any atom is -0.385 e. The zero-order valence-electron chi connectivity index (χ0n) is 12.3. The summed E-state index contributed by atoms with van der Waals surface area (Å²) >= 11 is 0. The van der Waals surface area contributed by atoms with Crippen LogP contribution in [0.2, 0.25) is 0 Å². The summed E-state index contributed by atoms with van der Waals surface area (Å²) in [4.78, 5) is 11.9. The van der Waals surface area contributed by atoms with Crippen LogP contribution in [0, 0.1) is 6.92 Å². The highest BCUT2D eigenvalue weighted by Gasteiger charge is 2.10. The Kier molecular flexibility index (Phi) is 5.34. The lowest BCUT2D eigenvalue weighted by atomic mass is 10.3. The van der Waals surface area contributed by atoms with Crippen LogP contribution in [0.3, 0.4) is 0 Å². The summed E-state index contributed by atoms with van der Waals surface area (Å²) in [6.07, 6.45) is 0.779. The molecule has 0 aliphatic rings. The first kappa shape index (κ1) is 15.1.